The summed E-state index contributed by atoms with van der Waals surface area (Å²) in [4.78, 5) is 44.2. The van der Waals surface area contributed by atoms with Gasteiger partial charge in [0.1, 0.15) is 11.4 Å². The summed E-state index contributed by atoms with van der Waals surface area (Å²) in [6.07, 6.45) is 1.82. The van der Waals surface area contributed by atoms with Crippen LogP contribution in [0, 0.1) is 40.4 Å². The molecule has 45 heavy (non-hydrogen) atoms. The van der Waals surface area contributed by atoms with E-state index in [0.29, 0.717) is 23.8 Å². The van der Waals surface area contributed by atoms with Crippen LogP contribution in [0.3, 0.4) is 0 Å². The molecule has 2 aliphatic carbocycles. The van der Waals surface area contributed by atoms with Crippen LogP contribution in [0.15, 0.2) is 60.3 Å². The molecule has 2 aromatic rings. The number of piperazine rings is 1. The molecule has 232 valence electrons. The number of halogens is 1. The molecular formula is C32H33ClN8O3S. The van der Waals surface area contributed by atoms with Gasteiger partial charge in [0, 0.05) is 66.3 Å². The summed E-state index contributed by atoms with van der Waals surface area (Å²) < 4.78 is 0. The predicted molar refractivity (Wildman–Crippen MR) is 173 cm³/mol. The number of benzene rings is 2. The van der Waals surface area contributed by atoms with Crippen molar-refractivity contribution >= 4 is 58.1 Å². The Balaban J connectivity index is 1.04. The maximum atomic E-state index is 13.5. The summed E-state index contributed by atoms with van der Waals surface area (Å²) in [6.45, 7) is 5.61. The number of nitrogens with zero attached hydrogens (tertiary/aromatic N) is 5. The second-order valence-electron chi connectivity index (χ2n) is 11.5. The topological polar surface area (TPSA) is 145 Å². The molecule has 13 heteroatoms. The van der Waals surface area contributed by atoms with Gasteiger partial charge in [0.05, 0.1) is 36.4 Å². The third-order valence-corrected chi connectivity index (χ3v) is 11.0. The van der Waals surface area contributed by atoms with Crippen molar-refractivity contribution in [3.63, 3.8) is 0 Å². The Morgan fingerprint density at radius 2 is 1.84 bits per heavy atom. The van der Waals surface area contributed by atoms with Crippen molar-refractivity contribution in [2.24, 2.45) is 17.8 Å². The zero-order valence-electron chi connectivity index (χ0n) is 24.7. The second kappa shape index (κ2) is 12.6. The monoisotopic (exact) mass is 644 g/mol. The number of fused-ring (bicyclic) bond motifs is 1. The molecule has 0 aromatic heterocycles. The smallest absolute Gasteiger partial charge is 0.238 e. The third-order valence-electron chi connectivity index (χ3n) is 8.83. The Hall–Kier alpha value is -4.23. The third kappa shape index (κ3) is 5.94. The van der Waals surface area contributed by atoms with E-state index in [4.69, 9.17) is 16.9 Å². The molecular weight excluding hydrogens is 612 g/mol. The van der Waals surface area contributed by atoms with Crippen molar-refractivity contribution in [2.75, 3.05) is 61.3 Å². The standard InChI is InChI=1S/C32H33ClN8O3S/c1-2-41-31(44)27-24(29(27)45-32(41)25(17-35)28(32)30(43)36-11-10-34)18-37-21-4-3-5-22(16-21)38-26(42)19-39-12-14-40(15-13-39)23-8-6-20(33)7-9-23/h3-9,16,18,25,27-29,37H,2,11-15,19H2,1H3,(H,36,43)(H,38,42)/b24-18+. The van der Waals surface area contributed by atoms with Crippen molar-refractivity contribution in [1.29, 1.82) is 10.5 Å². The van der Waals surface area contributed by atoms with Gasteiger partial charge in [-0.3, -0.25) is 19.3 Å². The van der Waals surface area contributed by atoms with Crippen molar-refractivity contribution < 1.29 is 14.4 Å². The lowest BCUT2D eigenvalue weighted by molar-refractivity contribution is -0.134. The van der Waals surface area contributed by atoms with Crippen LogP contribution >= 0.6 is 23.4 Å². The highest BCUT2D eigenvalue weighted by Gasteiger charge is 2.79. The van der Waals surface area contributed by atoms with E-state index >= 15 is 0 Å². The van der Waals surface area contributed by atoms with Gasteiger partial charge in [0.2, 0.25) is 17.7 Å². The number of carbonyl (C=O) groups is 3. The molecule has 4 fully saturated rings. The molecule has 2 saturated heterocycles. The lowest BCUT2D eigenvalue weighted by Gasteiger charge is -2.35. The summed E-state index contributed by atoms with van der Waals surface area (Å²) in [5, 5.41) is 28.1. The van der Waals surface area contributed by atoms with E-state index in [2.05, 4.69) is 31.8 Å². The highest BCUT2D eigenvalue weighted by Crippen LogP contribution is 2.71. The van der Waals surface area contributed by atoms with Crippen molar-refractivity contribution in [3.05, 3.63) is 65.3 Å². The largest absolute Gasteiger partial charge is 0.369 e. The summed E-state index contributed by atoms with van der Waals surface area (Å²) in [5.41, 5.74) is 3.46. The van der Waals surface area contributed by atoms with Crippen molar-refractivity contribution in [1.82, 2.24) is 15.1 Å². The van der Waals surface area contributed by atoms with Crippen LogP contribution in [0.25, 0.3) is 0 Å². The summed E-state index contributed by atoms with van der Waals surface area (Å²) in [6, 6.07) is 19.3. The number of carbonyl (C=O) groups excluding carboxylic acids is 3. The first-order valence-electron chi connectivity index (χ1n) is 14.9. The zero-order valence-corrected chi connectivity index (χ0v) is 26.3. The van der Waals surface area contributed by atoms with Gasteiger partial charge in [0.25, 0.3) is 0 Å². The number of thioether (sulfide) groups is 1. The van der Waals surface area contributed by atoms with E-state index in [-0.39, 0.29) is 35.4 Å². The lowest BCUT2D eigenvalue weighted by atomic mass is 10.2. The molecule has 2 saturated carbocycles. The Bertz CT molecular complexity index is 1610. The van der Waals surface area contributed by atoms with Gasteiger partial charge in [-0.25, -0.2) is 0 Å². The van der Waals surface area contributed by atoms with Crippen LogP contribution in [0.5, 0.6) is 0 Å². The molecule has 5 atom stereocenters. The van der Waals surface area contributed by atoms with Crippen LogP contribution < -0.4 is 20.9 Å². The Morgan fingerprint density at radius 1 is 1.11 bits per heavy atom. The number of hydrogen-bond acceptors (Lipinski definition) is 9. The molecule has 3 amide bonds. The quantitative estimate of drug-likeness (QED) is 0.351. The fourth-order valence-corrected chi connectivity index (χ4v) is 8.72. The van der Waals surface area contributed by atoms with Gasteiger partial charge in [-0.05, 0) is 55.0 Å². The summed E-state index contributed by atoms with van der Waals surface area (Å²) in [7, 11) is 0. The van der Waals surface area contributed by atoms with Crippen LogP contribution in [-0.2, 0) is 14.4 Å². The number of amides is 3. The van der Waals surface area contributed by atoms with E-state index < -0.39 is 16.7 Å². The SMILES string of the molecule is CCN1C(=O)C2/C(=C\Nc3cccc(NC(=O)CN4CCN(c5ccc(Cl)cc5)CC4)c3)C2SC12C(C#N)C2C(=O)NCC#N. The van der Waals surface area contributed by atoms with E-state index in [0.717, 1.165) is 43.1 Å². The van der Waals surface area contributed by atoms with Crippen LogP contribution in [0.1, 0.15) is 6.92 Å². The maximum absolute atomic E-state index is 13.5. The normalized spacial score (nSPS) is 27.7. The highest BCUT2D eigenvalue weighted by molar-refractivity contribution is 8.02. The molecule has 2 aliphatic heterocycles. The van der Waals surface area contributed by atoms with Gasteiger partial charge >= 0.3 is 0 Å². The van der Waals surface area contributed by atoms with Gasteiger partial charge in [-0.15, -0.1) is 11.8 Å². The Kier molecular flexibility index (Phi) is 8.65. The van der Waals surface area contributed by atoms with E-state index in [1.54, 1.807) is 4.90 Å². The van der Waals surface area contributed by atoms with Gasteiger partial charge in [-0.2, -0.15) is 10.5 Å². The molecule has 5 unspecified atom stereocenters. The van der Waals surface area contributed by atoms with Crippen molar-refractivity contribution in [2.45, 2.75) is 17.0 Å². The molecule has 2 heterocycles. The number of rotatable bonds is 9. The molecule has 3 N–H and O–H groups in total. The Labute approximate surface area is 271 Å². The Morgan fingerprint density at radius 3 is 2.53 bits per heavy atom. The molecule has 6 rings (SSSR count). The minimum Gasteiger partial charge on any atom is -0.369 e. The van der Waals surface area contributed by atoms with Gasteiger partial charge in [0.15, 0.2) is 0 Å². The van der Waals surface area contributed by atoms with Gasteiger partial charge in [-0.1, -0.05) is 17.7 Å². The first-order chi connectivity index (χ1) is 21.8. The number of anilines is 3. The van der Waals surface area contributed by atoms with Crippen LogP contribution in [-0.4, -0.2) is 83.5 Å². The number of hydrogen-bond donors (Lipinski definition) is 3. The van der Waals surface area contributed by atoms with Crippen molar-refractivity contribution in [3.8, 4) is 12.1 Å². The van der Waals surface area contributed by atoms with E-state index in [9.17, 15) is 19.6 Å². The fraction of sp³-hybridized carbons (Fsp3) is 0.406. The zero-order chi connectivity index (χ0) is 31.7. The molecule has 1 spiro atoms. The summed E-state index contributed by atoms with van der Waals surface area (Å²) in [5.74, 6) is -2.15. The average molecular weight is 645 g/mol. The van der Waals surface area contributed by atoms with E-state index in [1.807, 2.05) is 67.7 Å². The lowest BCUT2D eigenvalue weighted by Crippen LogP contribution is -2.48. The second-order valence-corrected chi connectivity index (χ2v) is 13.3. The first-order valence-corrected chi connectivity index (χ1v) is 16.2. The minimum absolute atomic E-state index is 0.0832. The molecule has 0 radical (unpaired) electrons. The molecule has 11 nitrogen and oxygen atoms in total. The molecule has 4 aliphatic rings. The predicted octanol–water partition coefficient (Wildman–Crippen LogP) is 3.10. The average Bonchev–Trinajstić information content (AvgIpc) is 3.92. The minimum atomic E-state index is -0.913. The van der Waals surface area contributed by atoms with Gasteiger partial charge < -0.3 is 25.8 Å². The highest BCUT2D eigenvalue weighted by atomic mass is 35.5. The molecule has 0 bridgehead atoms. The number of nitriles is 2. The maximum Gasteiger partial charge on any atom is 0.238 e. The van der Waals surface area contributed by atoms with Crippen LogP contribution in [0.2, 0.25) is 5.02 Å². The number of nitrogens with one attached hydrogen (secondary N) is 3. The van der Waals surface area contributed by atoms with E-state index in [1.165, 1.54) is 11.8 Å². The van der Waals surface area contributed by atoms with Crippen LogP contribution in [0.4, 0.5) is 17.1 Å². The fourth-order valence-electron chi connectivity index (χ4n) is 6.50. The summed E-state index contributed by atoms with van der Waals surface area (Å²) >= 11 is 7.51. The first kappa shape index (κ1) is 30.8. The molecule has 2 aromatic carbocycles.